The topological polar surface area (TPSA) is 52.0 Å². The number of halogens is 1. The van der Waals surface area contributed by atoms with Crippen LogP contribution in [0.25, 0.3) is 11.0 Å². The molecule has 0 spiro atoms. The molecule has 0 saturated heterocycles. The van der Waals surface area contributed by atoms with E-state index in [1.807, 2.05) is 12.1 Å². The van der Waals surface area contributed by atoms with Gasteiger partial charge in [-0.1, -0.05) is 17.7 Å². The third-order valence-corrected chi connectivity index (χ3v) is 7.47. The molecule has 2 aliphatic rings. The SMILES string of the molecule is CC1(S(=O)(=O)n2ccc3cccnc32)CC=C(Cl)C=C1C1CC1. The van der Waals surface area contributed by atoms with Gasteiger partial charge in [0.15, 0.2) is 5.65 Å². The molecule has 0 bridgehead atoms. The Bertz CT molecular complexity index is 954. The van der Waals surface area contributed by atoms with Crippen LogP contribution < -0.4 is 0 Å². The van der Waals surface area contributed by atoms with Crippen LogP contribution in [0.2, 0.25) is 0 Å². The zero-order valence-electron chi connectivity index (χ0n) is 12.7. The standard InChI is InChI=1S/C17H17ClN2O2S/c1-17(8-6-14(18)11-15(17)12-4-5-12)23(21,22)20-10-7-13-3-2-9-19-16(13)20/h2-3,6-7,9-12H,4-5,8H2,1H3. The Balaban J connectivity index is 1.89. The second kappa shape index (κ2) is 4.95. The van der Waals surface area contributed by atoms with Crippen LogP contribution in [-0.2, 0) is 10.0 Å². The van der Waals surface area contributed by atoms with E-state index in [-0.39, 0.29) is 0 Å². The molecule has 1 unspecified atom stereocenters. The van der Waals surface area contributed by atoms with Crippen molar-refractivity contribution in [2.24, 2.45) is 5.92 Å². The summed E-state index contributed by atoms with van der Waals surface area (Å²) in [6, 6.07) is 5.46. The van der Waals surface area contributed by atoms with Crippen LogP contribution in [0, 0.1) is 5.92 Å². The largest absolute Gasteiger partial charge is 0.249 e. The number of rotatable bonds is 3. The highest BCUT2D eigenvalue weighted by atomic mass is 35.5. The first kappa shape index (κ1) is 15.0. The number of fused-ring (bicyclic) bond motifs is 1. The first-order chi connectivity index (χ1) is 10.9. The van der Waals surface area contributed by atoms with Gasteiger partial charge in [0.05, 0.1) is 0 Å². The van der Waals surface area contributed by atoms with E-state index in [0.29, 0.717) is 23.0 Å². The molecular formula is C17H17ClN2O2S. The summed E-state index contributed by atoms with van der Waals surface area (Å²) in [5.74, 6) is 0.326. The van der Waals surface area contributed by atoms with Gasteiger partial charge in [0.1, 0.15) is 4.75 Å². The van der Waals surface area contributed by atoms with E-state index < -0.39 is 14.8 Å². The highest BCUT2D eigenvalue weighted by Crippen LogP contribution is 2.49. The second-order valence-corrected chi connectivity index (χ2v) is 9.11. The maximum atomic E-state index is 13.4. The zero-order chi connectivity index (χ0) is 16.2. The molecule has 1 saturated carbocycles. The second-order valence-electron chi connectivity index (χ2n) is 6.43. The third-order valence-electron chi connectivity index (χ3n) is 4.85. The highest BCUT2D eigenvalue weighted by Gasteiger charge is 2.49. The van der Waals surface area contributed by atoms with E-state index in [0.717, 1.165) is 23.8 Å². The number of aromatic nitrogens is 2. The Labute approximate surface area is 140 Å². The Morgan fingerprint density at radius 1 is 1.35 bits per heavy atom. The van der Waals surface area contributed by atoms with E-state index in [4.69, 9.17) is 11.6 Å². The molecule has 1 atom stereocenters. The van der Waals surface area contributed by atoms with Gasteiger partial charge in [0, 0.05) is 22.8 Å². The van der Waals surface area contributed by atoms with Crippen LogP contribution >= 0.6 is 11.6 Å². The summed E-state index contributed by atoms with van der Waals surface area (Å²) >= 11 is 6.15. The van der Waals surface area contributed by atoms with E-state index in [2.05, 4.69) is 4.98 Å². The molecule has 2 aromatic rings. The van der Waals surface area contributed by atoms with Gasteiger partial charge in [-0.05, 0) is 62.0 Å². The van der Waals surface area contributed by atoms with Gasteiger partial charge in [-0.15, -0.1) is 0 Å². The predicted molar refractivity (Wildman–Crippen MR) is 91.8 cm³/mol. The van der Waals surface area contributed by atoms with Crippen LogP contribution in [0.3, 0.4) is 0 Å². The molecule has 120 valence electrons. The van der Waals surface area contributed by atoms with Crippen LogP contribution in [0.5, 0.6) is 0 Å². The summed E-state index contributed by atoms with van der Waals surface area (Å²) in [5, 5.41) is 1.45. The monoisotopic (exact) mass is 348 g/mol. The molecule has 0 aromatic carbocycles. The fourth-order valence-electron chi connectivity index (χ4n) is 3.32. The van der Waals surface area contributed by atoms with Crippen molar-refractivity contribution in [2.75, 3.05) is 0 Å². The summed E-state index contributed by atoms with van der Waals surface area (Å²) in [4.78, 5) is 4.26. The summed E-state index contributed by atoms with van der Waals surface area (Å²) in [6.45, 7) is 1.81. The molecule has 2 heterocycles. The average Bonchev–Trinajstić information content (AvgIpc) is 3.27. The molecule has 1 fully saturated rings. The Kier molecular flexibility index (Phi) is 3.22. The van der Waals surface area contributed by atoms with E-state index in [1.54, 1.807) is 37.5 Å². The van der Waals surface area contributed by atoms with E-state index >= 15 is 0 Å². The summed E-state index contributed by atoms with van der Waals surface area (Å²) in [6.07, 6.45) is 9.32. The molecule has 0 amide bonds. The number of hydrogen-bond acceptors (Lipinski definition) is 3. The Hall–Kier alpha value is -1.59. The van der Waals surface area contributed by atoms with Crippen molar-refractivity contribution in [3.63, 3.8) is 0 Å². The van der Waals surface area contributed by atoms with Crippen LogP contribution in [-0.4, -0.2) is 22.1 Å². The highest BCUT2D eigenvalue weighted by molar-refractivity contribution is 7.91. The molecule has 0 aliphatic heterocycles. The lowest BCUT2D eigenvalue weighted by molar-refractivity contribution is 0.537. The fourth-order valence-corrected chi connectivity index (χ4v) is 5.37. The van der Waals surface area contributed by atoms with Gasteiger partial charge < -0.3 is 0 Å². The molecule has 0 N–H and O–H groups in total. The lowest BCUT2D eigenvalue weighted by Crippen LogP contribution is -2.42. The van der Waals surface area contributed by atoms with Crippen molar-refractivity contribution in [3.8, 4) is 0 Å². The maximum Gasteiger partial charge on any atom is 0.249 e. The van der Waals surface area contributed by atoms with Crippen LogP contribution in [0.1, 0.15) is 26.2 Å². The molecule has 6 heteroatoms. The van der Waals surface area contributed by atoms with Crippen molar-refractivity contribution in [1.29, 1.82) is 0 Å². The van der Waals surface area contributed by atoms with Crippen molar-refractivity contribution in [3.05, 3.63) is 53.4 Å². The van der Waals surface area contributed by atoms with Crippen LogP contribution in [0.4, 0.5) is 0 Å². The Morgan fingerprint density at radius 2 is 2.13 bits per heavy atom. The van der Waals surface area contributed by atoms with Gasteiger partial charge >= 0.3 is 0 Å². The van der Waals surface area contributed by atoms with E-state index in [9.17, 15) is 8.42 Å². The number of nitrogens with zero attached hydrogens (tertiary/aromatic N) is 2. The van der Waals surface area contributed by atoms with Gasteiger partial charge in [0.25, 0.3) is 0 Å². The van der Waals surface area contributed by atoms with Gasteiger partial charge in [0.2, 0.25) is 10.0 Å². The normalized spacial score (nSPS) is 25.3. The number of allylic oxidation sites excluding steroid dienone is 3. The molecular weight excluding hydrogens is 332 g/mol. The van der Waals surface area contributed by atoms with Crippen molar-refractivity contribution in [2.45, 2.75) is 30.9 Å². The molecule has 2 aliphatic carbocycles. The minimum atomic E-state index is -3.64. The fraction of sp³-hybridized carbons (Fsp3) is 0.353. The maximum absolute atomic E-state index is 13.4. The van der Waals surface area contributed by atoms with Gasteiger partial charge in [-0.3, -0.25) is 0 Å². The summed E-state index contributed by atoms with van der Waals surface area (Å²) < 4.78 is 27.2. The Morgan fingerprint density at radius 3 is 2.87 bits per heavy atom. The third kappa shape index (κ3) is 2.17. The molecule has 0 radical (unpaired) electrons. The molecule has 23 heavy (non-hydrogen) atoms. The lowest BCUT2D eigenvalue weighted by atomic mass is 9.89. The number of pyridine rings is 1. The summed E-state index contributed by atoms with van der Waals surface area (Å²) in [5.41, 5.74) is 1.41. The zero-order valence-corrected chi connectivity index (χ0v) is 14.3. The molecule has 2 aromatic heterocycles. The van der Waals surface area contributed by atoms with Crippen molar-refractivity contribution >= 4 is 32.7 Å². The minimum Gasteiger partial charge on any atom is -0.237 e. The van der Waals surface area contributed by atoms with Gasteiger partial charge in [-0.25, -0.2) is 17.4 Å². The lowest BCUT2D eigenvalue weighted by Gasteiger charge is -2.34. The smallest absolute Gasteiger partial charge is 0.237 e. The molecule has 4 nitrogen and oxygen atoms in total. The first-order valence-electron chi connectivity index (χ1n) is 7.68. The van der Waals surface area contributed by atoms with Crippen molar-refractivity contribution in [1.82, 2.24) is 8.96 Å². The first-order valence-corrected chi connectivity index (χ1v) is 9.50. The quantitative estimate of drug-likeness (QED) is 0.846. The average molecular weight is 349 g/mol. The molecule has 4 rings (SSSR count). The predicted octanol–water partition coefficient (Wildman–Crippen LogP) is 3.84. The van der Waals surface area contributed by atoms with Gasteiger partial charge in [-0.2, -0.15) is 0 Å². The minimum absolute atomic E-state index is 0.326. The van der Waals surface area contributed by atoms with Crippen molar-refractivity contribution < 1.29 is 8.42 Å². The number of hydrogen-bond donors (Lipinski definition) is 0. The van der Waals surface area contributed by atoms with Crippen LogP contribution in [0.15, 0.2) is 53.4 Å². The summed E-state index contributed by atoms with van der Waals surface area (Å²) in [7, 11) is -3.64. The van der Waals surface area contributed by atoms with E-state index in [1.165, 1.54) is 3.97 Å².